The van der Waals surface area contributed by atoms with Gasteiger partial charge in [-0.25, -0.2) is 4.39 Å². The molecule has 168 valence electrons. The van der Waals surface area contributed by atoms with Crippen LogP contribution in [0.3, 0.4) is 0 Å². The van der Waals surface area contributed by atoms with E-state index < -0.39 is 8.32 Å². The second-order valence-electron chi connectivity index (χ2n) is 8.71. The van der Waals surface area contributed by atoms with Crippen LogP contribution in [0, 0.1) is 5.82 Å². The third-order valence-electron chi connectivity index (χ3n) is 5.57. The lowest BCUT2D eigenvalue weighted by molar-refractivity contribution is 0.263. The van der Waals surface area contributed by atoms with Crippen molar-refractivity contribution in [2.75, 3.05) is 13.7 Å². The summed E-state index contributed by atoms with van der Waals surface area (Å²) in [7, 11) is -0.771. The molecule has 0 spiro atoms. The van der Waals surface area contributed by atoms with Gasteiger partial charge in [0.2, 0.25) is 0 Å². The van der Waals surface area contributed by atoms with E-state index in [1.54, 1.807) is 12.1 Å². The fraction of sp³-hybridized carbons (Fsp3) is 0.522. The summed E-state index contributed by atoms with van der Waals surface area (Å²) < 4.78 is 20.3. The van der Waals surface area contributed by atoms with E-state index in [1.807, 2.05) is 12.3 Å². The number of aliphatic hydroxyl groups is 1. The summed E-state index contributed by atoms with van der Waals surface area (Å²) in [6, 6.07) is 8.90. The van der Waals surface area contributed by atoms with Gasteiger partial charge in [0.05, 0.1) is 12.3 Å². The number of aromatic nitrogens is 1. The molecule has 4 nitrogen and oxygen atoms in total. The van der Waals surface area contributed by atoms with Crippen LogP contribution >= 0.6 is 11.6 Å². The number of halogens is 2. The highest BCUT2D eigenvalue weighted by atomic mass is 35.5. The average molecular weight is 455 g/mol. The van der Waals surface area contributed by atoms with Crippen LogP contribution in [-0.2, 0) is 24.1 Å². The molecule has 1 aromatic heterocycles. The number of nitrogens with zero attached hydrogens (tertiary/aromatic N) is 2. The van der Waals surface area contributed by atoms with Gasteiger partial charge in [-0.1, -0.05) is 51.4 Å². The molecule has 0 aliphatic heterocycles. The molecule has 0 amide bonds. The lowest BCUT2D eigenvalue weighted by Gasteiger charge is -2.36. The van der Waals surface area contributed by atoms with E-state index in [0.717, 1.165) is 24.9 Å². The van der Waals surface area contributed by atoms with Gasteiger partial charge in [-0.15, -0.1) is 0 Å². The monoisotopic (exact) mass is 454 g/mol. The molecule has 1 aromatic carbocycles. The van der Waals surface area contributed by atoms with Gasteiger partial charge in [0, 0.05) is 37.0 Å². The van der Waals surface area contributed by atoms with Gasteiger partial charge in [-0.2, -0.15) is 0 Å². The Bertz CT molecular complexity index is 760. The zero-order valence-corrected chi connectivity index (χ0v) is 21.1. The minimum atomic E-state index is -1.77. The summed E-state index contributed by atoms with van der Waals surface area (Å²) in [6.07, 6.45) is 1.88. The molecular weight excluding hydrogens is 419 g/mol. The Morgan fingerprint density at radius 2 is 1.80 bits per heavy atom. The molecule has 0 atom stereocenters. The first kappa shape index (κ1) is 26.7. The van der Waals surface area contributed by atoms with Gasteiger partial charge in [-0.3, -0.25) is 9.88 Å². The lowest BCUT2D eigenvalue weighted by Crippen LogP contribution is -2.40. The first-order valence-corrected chi connectivity index (χ1v) is 13.5. The zero-order chi connectivity index (χ0) is 22.9. The van der Waals surface area contributed by atoms with Crippen LogP contribution in [-0.4, -0.2) is 37.0 Å². The second-order valence-corrected chi connectivity index (χ2v) is 13.9. The summed E-state index contributed by atoms with van der Waals surface area (Å²) in [5.41, 5.74) is 2.56. The van der Waals surface area contributed by atoms with Crippen LogP contribution in [0.25, 0.3) is 0 Å². The summed E-state index contributed by atoms with van der Waals surface area (Å²) in [6.45, 7) is 15.7. The molecular formula is C23H36ClFN2O2Si. The predicted molar refractivity (Wildman–Crippen MR) is 126 cm³/mol. The van der Waals surface area contributed by atoms with Crippen LogP contribution in [0.5, 0.6) is 0 Å². The molecule has 2 aromatic rings. The quantitative estimate of drug-likeness (QED) is 0.495. The van der Waals surface area contributed by atoms with Crippen LogP contribution in [0.2, 0.25) is 23.2 Å². The minimum Gasteiger partial charge on any atom is -0.413 e. The molecule has 0 radical (unpaired) electrons. The molecule has 2 rings (SSSR count). The van der Waals surface area contributed by atoms with Crippen molar-refractivity contribution in [3.8, 4) is 0 Å². The van der Waals surface area contributed by atoms with E-state index in [9.17, 15) is 4.39 Å². The van der Waals surface area contributed by atoms with Gasteiger partial charge >= 0.3 is 0 Å². The maximum Gasteiger partial charge on any atom is 0.192 e. The summed E-state index contributed by atoms with van der Waals surface area (Å²) in [5, 5.41) is 7.65. The number of rotatable bonds is 8. The Morgan fingerprint density at radius 1 is 1.13 bits per heavy atom. The van der Waals surface area contributed by atoms with Crippen LogP contribution < -0.4 is 0 Å². The van der Waals surface area contributed by atoms with Crippen molar-refractivity contribution in [3.63, 3.8) is 0 Å². The standard InChI is InChI=1S/C22H32ClFN2OSi.CH4O/c1-7-26(15-19-20(23)9-8-10-21(19)24)14-18-12-11-17(13-25-18)16-27-28(5,6)22(2,3)4;1-2/h8-13H,7,14-16H2,1-6H3;2H,1H3. The van der Waals surface area contributed by atoms with E-state index in [0.29, 0.717) is 30.3 Å². The first-order valence-electron chi connectivity index (χ1n) is 10.2. The van der Waals surface area contributed by atoms with Gasteiger partial charge in [-0.05, 0) is 48.4 Å². The van der Waals surface area contributed by atoms with Crippen molar-refractivity contribution in [1.29, 1.82) is 0 Å². The summed E-state index contributed by atoms with van der Waals surface area (Å²) in [5.74, 6) is -0.267. The van der Waals surface area contributed by atoms with Crippen LogP contribution in [0.4, 0.5) is 4.39 Å². The fourth-order valence-electron chi connectivity index (χ4n) is 2.53. The summed E-state index contributed by atoms with van der Waals surface area (Å²) >= 11 is 6.16. The molecule has 0 saturated heterocycles. The van der Waals surface area contributed by atoms with Gasteiger partial charge in [0.25, 0.3) is 0 Å². The molecule has 0 fully saturated rings. The Morgan fingerprint density at radius 3 is 2.30 bits per heavy atom. The molecule has 1 heterocycles. The molecule has 0 aliphatic carbocycles. The number of pyridine rings is 1. The van der Waals surface area contributed by atoms with Crippen LogP contribution in [0.15, 0.2) is 36.5 Å². The normalized spacial score (nSPS) is 12.0. The topological polar surface area (TPSA) is 45.6 Å². The maximum absolute atomic E-state index is 14.1. The predicted octanol–water partition coefficient (Wildman–Crippen LogP) is 6.03. The van der Waals surface area contributed by atoms with E-state index in [1.165, 1.54) is 6.07 Å². The smallest absolute Gasteiger partial charge is 0.192 e. The number of benzene rings is 1. The fourth-order valence-corrected chi connectivity index (χ4v) is 3.71. The maximum atomic E-state index is 14.1. The van der Waals surface area contributed by atoms with E-state index >= 15 is 0 Å². The van der Waals surface area contributed by atoms with Crippen molar-refractivity contribution in [2.45, 2.75) is 65.5 Å². The average Bonchev–Trinajstić information content (AvgIpc) is 2.70. The molecule has 30 heavy (non-hydrogen) atoms. The van der Waals surface area contributed by atoms with E-state index in [-0.39, 0.29) is 10.9 Å². The molecule has 0 saturated carbocycles. The van der Waals surface area contributed by atoms with E-state index in [2.05, 4.69) is 56.7 Å². The van der Waals surface area contributed by atoms with Crippen molar-refractivity contribution < 1.29 is 13.9 Å². The molecule has 0 aliphatic rings. The third-order valence-corrected chi connectivity index (χ3v) is 10.4. The number of aliphatic hydroxyl groups excluding tert-OH is 1. The molecule has 1 N–H and O–H groups in total. The van der Waals surface area contributed by atoms with Gasteiger partial charge in [0.15, 0.2) is 8.32 Å². The Labute approximate surface area is 187 Å². The lowest BCUT2D eigenvalue weighted by atomic mass is 10.2. The van der Waals surface area contributed by atoms with Crippen molar-refractivity contribution in [1.82, 2.24) is 9.88 Å². The highest BCUT2D eigenvalue weighted by Crippen LogP contribution is 2.37. The third kappa shape index (κ3) is 7.74. The Balaban J connectivity index is 0.00000218. The van der Waals surface area contributed by atoms with Gasteiger partial charge < -0.3 is 9.53 Å². The number of hydrogen-bond donors (Lipinski definition) is 1. The molecule has 0 unspecified atom stereocenters. The Kier molecular flexibility index (Phi) is 10.6. The highest BCUT2D eigenvalue weighted by Gasteiger charge is 2.37. The van der Waals surface area contributed by atoms with Crippen molar-refractivity contribution in [2.24, 2.45) is 0 Å². The second kappa shape index (κ2) is 11.9. The largest absolute Gasteiger partial charge is 0.413 e. The van der Waals surface area contributed by atoms with E-state index in [4.69, 9.17) is 21.1 Å². The highest BCUT2D eigenvalue weighted by molar-refractivity contribution is 6.74. The first-order chi connectivity index (χ1) is 14.0. The minimum absolute atomic E-state index is 0.190. The molecule has 7 heteroatoms. The molecule has 0 bridgehead atoms. The SMILES string of the molecule is CCN(Cc1ccc(CO[Si](C)(C)C(C)(C)C)cn1)Cc1c(F)cccc1Cl.CO. The van der Waals surface area contributed by atoms with Gasteiger partial charge in [0.1, 0.15) is 5.82 Å². The van der Waals surface area contributed by atoms with Crippen molar-refractivity contribution >= 4 is 19.9 Å². The van der Waals surface area contributed by atoms with Crippen molar-refractivity contribution in [3.05, 3.63) is 64.2 Å². The van der Waals surface area contributed by atoms with Crippen LogP contribution in [0.1, 0.15) is 44.5 Å². The Hall–Kier alpha value is -1.31. The number of hydrogen-bond acceptors (Lipinski definition) is 4. The summed E-state index contributed by atoms with van der Waals surface area (Å²) in [4.78, 5) is 6.71. The zero-order valence-electron chi connectivity index (χ0n) is 19.3.